The van der Waals surface area contributed by atoms with Gasteiger partial charge in [0.2, 0.25) is 10.1 Å². The van der Waals surface area contributed by atoms with E-state index in [9.17, 15) is 13.2 Å². The van der Waals surface area contributed by atoms with Crippen LogP contribution in [0.1, 0.15) is 31.2 Å². The third kappa shape index (κ3) is 3.56. The van der Waals surface area contributed by atoms with Gasteiger partial charge in [0, 0.05) is 19.1 Å². The molecule has 1 aromatic rings. The maximum absolute atomic E-state index is 12.5. The number of anilines is 1. The highest BCUT2D eigenvalue weighted by atomic mass is 32.1. The summed E-state index contributed by atoms with van der Waals surface area (Å²) in [7, 11) is 0. The van der Waals surface area contributed by atoms with Gasteiger partial charge in [0.05, 0.1) is 0 Å². The lowest BCUT2D eigenvalue weighted by Crippen LogP contribution is -2.45. The molecule has 0 bridgehead atoms. The smallest absolute Gasteiger partial charge is 0.342 e. The Kier molecular flexibility index (Phi) is 4.62. The number of nitrogens with zero attached hydrogens (tertiary/aromatic N) is 3. The Labute approximate surface area is 114 Å². The molecule has 8 heteroatoms. The second kappa shape index (κ2) is 6.04. The molecule has 1 saturated heterocycles. The summed E-state index contributed by atoms with van der Waals surface area (Å²) in [6.07, 6.45) is -1.32. The van der Waals surface area contributed by atoms with Gasteiger partial charge in [0.15, 0.2) is 0 Å². The van der Waals surface area contributed by atoms with Crippen molar-refractivity contribution in [3.05, 3.63) is 5.01 Å². The number of rotatable bonds is 4. The molecule has 0 radical (unpaired) electrons. The van der Waals surface area contributed by atoms with Crippen molar-refractivity contribution in [2.75, 3.05) is 24.5 Å². The van der Waals surface area contributed by atoms with Crippen LogP contribution in [0.4, 0.5) is 18.3 Å². The number of likely N-dealkylation sites (N-methyl/N-ethyl adjacent to an activating group) is 1. The molecule has 0 aliphatic carbocycles. The van der Waals surface area contributed by atoms with E-state index in [1.54, 1.807) is 0 Å². The molecule has 1 aromatic heterocycles. The highest BCUT2D eigenvalue weighted by molar-refractivity contribution is 7.15. The topological polar surface area (TPSA) is 41.0 Å². The van der Waals surface area contributed by atoms with Gasteiger partial charge in [0.1, 0.15) is 0 Å². The lowest BCUT2D eigenvalue weighted by Gasteiger charge is -2.35. The highest BCUT2D eigenvalue weighted by Gasteiger charge is 2.37. The van der Waals surface area contributed by atoms with E-state index in [4.69, 9.17) is 0 Å². The quantitative estimate of drug-likeness (QED) is 0.926. The van der Waals surface area contributed by atoms with Crippen LogP contribution in [0.3, 0.4) is 0 Å². The van der Waals surface area contributed by atoms with Crippen molar-refractivity contribution < 1.29 is 13.2 Å². The minimum absolute atomic E-state index is 0.211. The highest BCUT2D eigenvalue weighted by Crippen LogP contribution is 2.35. The summed E-state index contributed by atoms with van der Waals surface area (Å²) in [6, 6.07) is 0.211. The first-order valence-corrected chi connectivity index (χ1v) is 7.22. The number of alkyl halides is 3. The zero-order chi connectivity index (χ0) is 13.9. The summed E-state index contributed by atoms with van der Waals surface area (Å²) in [5.41, 5.74) is 0. The standard InChI is InChI=1S/C11H17F3N4S/c1-2-15-7-8-5-3-4-6-18(8)10-17-16-9(19-10)11(12,13)14/h8,15H,2-7H2,1H3. The van der Waals surface area contributed by atoms with E-state index in [0.29, 0.717) is 16.5 Å². The van der Waals surface area contributed by atoms with Crippen LogP contribution in [0.2, 0.25) is 0 Å². The van der Waals surface area contributed by atoms with Crippen LogP contribution in [0.25, 0.3) is 0 Å². The van der Waals surface area contributed by atoms with Crippen molar-refractivity contribution >= 4 is 16.5 Å². The Morgan fingerprint density at radius 3 is 2.79 bits per heavy atom. The Morgan fingerprint density at radius 2 is 2.16 bits per heavy atom. The fourth-order valence-corrected chi connectivity index (χ4v) is 3.03. The SMILES string of the molecule is CCNCC1CCCCN1c1nnc(C(F)(F)F)s1. The van der Waals surface area contributed by atoms with Crippen molar-refractivity contribution in [2.45, 2.75) is 38.4 Å². The number of halogens is 3. The number of piperidine rings is 1. The molecule has 2 heterocycles. The lowest BCUT2D eigenvalue weighted by atomic mass is 10.0. The zero-order valence-electron chi connectivity index (χ0n) is 10.7. The van der Waals surface area contributed by atoms with Gasteiger partial charge < -0.3 is 10.2 Å². The summed E-state index contributed by atoms with van der Waals surface area (Å²) in [5.74, 6) is 0. The molecule has 1 unspecified atom stereocenters. The maximum Gasteiger partial charge on any atom is 0.445 e. The molecule has 0 amide bonds. The van der Waals surface area contributed by atoms with E-state index in [1.807, 2.05) is 11.8 Å². The van der Waals surface area contributed by atoms with Crippen LogP contribution in [-0.2, 0) is 6.18 Å². The number of nitrogens with one attached hydrogen (secondary N) is 1. The molecule has 1 fully saturated rings. The van der Waals surface area contributed by atoms with Crippen molar-refractivity contribution in [2.24, 2.45) is 0 Å². The first-order chi connectivity index (χ1) is 9.02. The fraction of sp³-hybridized carbons (Fsp3) is 0.818. The van der Waals surface area contributed by atoms with Gasteiger partial charge >= 0.3 is 6.18 Å². The van der Waals surface area contributed by atoms with Gasteiger partial charge in [-0.05, 0) is 25.8 Å². The Hall–Kier alpha value is -0.890. The van der Waals surface area contributed by atoms with Crippen LogP contribution in [0, 0.1) is 0 Å². The minimum atomic E-state index is -4.40. The van der Waals surface area contributed by atoms with Gasteiger partial charge in [-0.1, -0.05) is 18.3 Å². The Morgan fingerprint density at radius 1 is 1.37 bits per heavy atom. The average molecular weight is 294 g/mol. The fourth-order valence-electron chi connectivity index (χ4n) is 2.22. The molecule has 4 nitrogen and oxygen atoms in total. The summed E-state index contributed by atoms with van der Waals surface area (Å²) in [5, 5.41) is 9.74. The predicted octanol–water partition coefficient (Wildman–Crippen LogP) is 2.53. The molecule has 108 valence electrons. The van der Waals surface area contributed by atoms with Crippen LogP contribution in [0.15, 0.2) is 0 Å². The van der Waals surface area contributed by atoms with E-state index in [-0.39, 0.29) is 6.04 Å². The average Bonchev–Trinajstić information content (AvgIpc) is 2.86. The van der Waals surface area contributed by atoms with E-state index in [1.165, 1.54) is 0 Å². The predicted molar refractivity (Wildman–Crippen MR) is 68.4 cm³/mol. The molecule has 0 saturated carbocycles. The van der Waals surface area contributed by atoms with Crippen molar-refractivity contribution in [1.29, 1.82) is 0 Å². The summed E-state index contributed by atoms with van der Waals surface area (Å²) >= 11 is 0.634. The number of aromatic nitrogens is 2. The third-order valence-electron chi connectivity index (χ3n) is 3.16. The van der Waals surface area contributed by atoms with E-state index in [0.717, 1.165) is 38.9 Å². The zero-order valence-corrected chi connectivity index (χ0v) is 11.5. The molecular formula is C11H17F3N4S. The van der Waals surface area contributed by atoms with Crippen molar-refractivity contribution in [1.82, 2.24) is 15.5 Å². The molecule has 0 spiro atoms. The third-order valence-corrected chi connectivity index (χ3v) is 4.16. The number of hydrogen-bond acceptors (Lipinski definition) is 5. The van der Waals surface area contributed by atoms with Crippen LogP contribution in [0.5, 0.6) is 0 Å². The van der Waals surface area contributed by atoms with Gasteiger partial charge in [-0.25, -0.2) is 0 Å². The molecular weight excluding hydrogens is 277 g/mol. The largest absolute Gasteiger partial charge is 0.445 e. The Balaban J connectivity index is 2.11. The molecule has 19 heavy (non-hydrogen) atoms. The second-order valence-electron chi connectivity index (χ2n) is 4.54. The van der Waals surface area contributed by atoms with E-state index in [2.05, 4.69) is 15.5 Å². The van der Waals surface area contributed by atoms with Crippen molar-refractivity contribution in [3.8, 4) is 0 Å². The molecule has 1 atom stereocenters. The summed E-state index contributed by atoms with van der Waals surface area (Å²) in [4.78, 5) is 1.96. The minimum Gasteiger partial charge on any atom is -0.342 e. The van der Waals surface area contributed by atoms with E-state index < -0.39 is 11.2 Å². The lowest BCUT2D eigenvalue weighted by molar-refractivity contribution is -0.138. The van der Waals surface area contributed by atoms with Crippen LogP contribution >= 0.6 is 11.3 Å². The Bertz CT molecular complexity index is 407. The van der Waals surface area contributed by atoms with Crippen LogP contribution in [-0.4, -0.2) is 35.9 Å². The monoisotopic (exact) mass is 294 g/mol. The first-order valence-electron chi connectivity index (χ1n) is 6.40. The summed E-state index contributed by atoms with van der Waals surface area (Å²) in [6.45, 7) is 4.40. The van der Waals surface area contributed by atoms with Crippen LogP contribution < -0.4 is 10.2 Å². The molecule has 1 aliphatic heterocycles. The molecule has 1 aliphatic rings. The first kappa shape index (κ1) is 14.5. The van der Waals surface area contributed by atoms with Crippen molar-refractivity contribution in [3.63, 3.8) is 0 Å². The maximum atomic E-state index is 12.5. The molecule has 0 aromatic carbocycles. The van der Waals surface area contributed by atoms with Gasteiger partial charge in [-0.15, -0.1) is 10.2 Å². The van der Waals surface area contributed by atoms with Gasteiger partial charge in [-0.2, -0.15) is 13.2 Å². The van der Waals surface area contributed by atoms with E-state index >= 15 is 0 Å². The summed E-state index contributed by atoms with van der Waals surface area (Å²) < 4.78 is 37.6. The molecule has 1 N–H and O–H groups in total. The second-order valence-corrected chi connectivity index (χ2v) is 5.49. The molecule has 2 rings (SSSR count). The normalized spacial score (nSPS) is 20.8. The number of hydrogen-bond donors (Lipinski definition) is 1. The van der Waals surface area contributed by atoms with Gasteiger partial charge in [-0.3, -0.25) is 0 Å². The van der Waals surface area contributed by atoms with Gasteiger partial charge in [0.25, 0.3) is 0 Å².